The first-order chi connectivity index (χ1) is 11.2. The molecule has 0 fully saturated rings. The molecule has 0 atom stereocenters. The Hall–Kier alpha value is -3.28. The normalized spacial score (nSPS) is 11.3. The topological polar surface area (TPSA) is 72.2 Å². The average molecular weight is 305 g/mol. The summed E-state index contributed by atoms with van der Waals surface area (Å²) in [6.07, 6.45) is 8.49. The van der Waals surface area contributed by atoms with Gasteiger partial charge in [-0.1, -0.05) is 12.1 Å². The van der Waals surface area contributed by atoms with Crippen molar-refractivity contribution < 1.29 is 4.79 Å². The molecule has 1 N–H and O–H groups in total. The van der Waals surface area contributed by atoms with Gasteiger partial charge in [0.15, 0.2) is 0 Å². The summed E-state index contributed by atoms with van der Waals surface area (Å²) in [7, 11) is 0. The molecule has 0 unspecified atom stereocenters. The first-order valence-electron chi connectivity index (χ1n) is 7.07. The lowest BCUT2D eigenvalue weighted by Gasteiger charge is -2.05. The maximum absolute atomic E-state index is 11.9. The predicted octanol–water partition coefficient (Wildman–Crippen LogP) is 2.42. The Morgan fingerprint density at radius 3 is 2.39 bits per heavy atom. The lowest BCUT2D eigenvalue weighted by atomic mass is 10.1. The van der Waals surface area contributed by atoms with E-state index in [9.17, 15) is 4.79 Å². The van der Waals surface area contributed by atoms with Gasteiger partial charge in [-0.15, -0.1) is 0 Å². The Labute approximate surface area is 133 Å². The number of aromatic nitrogens is 3. The summed E-state index contributed by atoms with van der Waals surface area (Å²) in [6, 6.07) is 11.1. The zero-order valence-corrected chi connectivity index (χ0v) is 12.5. The highest BCUT2D eigenvalue weighted by atomic mass is 16.2. The van der Waals surface area contributed by atoms with E-state index >= 15 is 0 Å². The van der Waals surface area contributed by atoms with Gasteiger partial charge in [-0.05, 0) is 36.8 Å². The fraction of sp³-hybridized carbons (Fsp3) is 0.0588. The Balaban J connectivity index is 1.70. The summed E-state index contributed by atoms with van der Waals surface area (Å²) in [6.45, 7) is 1.85. The molecule has 0 aliphatic heterocycles. The Morgan fingerprint density at radius 2 is 1.74 bits per heavy atom. The Morgan fingerprint density at radius 1 is 1.00 bits per heavy atom. The van der Waals surface area contributed by atoms with Crippen LogP contribution in [0.4, 0.5) is 0 Å². The number of nitrogens with zero attached hydrogens (tertiary/aromatic N) is 4. The smallest absolute Gasteiger partial charge is 0.271 e. The van der Waals surface area contributed by atoms with Crippen LogP contribution in [0.5, 0.6) is 0 Å². The highest BCUT2D eigenvalue weighted by Gasteiger charge is 2.04. The highest BCUT2D eigenvalue weighted by molar-refractivity contribution is 6.00. The monoisotopic (exact) mass is 305 g/mol. The van der Waals surface area contributed by atoms with Crippen molar-refractivity contribution in [2.75, 3.05) is 0 Å². The summed E-state index contributed by atoms with van der Waals surface area (Å²) >= 11 is 0. The van der Waals surface area contributed by atoms with Gasteiger partial charge in [0.2, 0.25) is 0 Å². The van der Waals surface area contributed by atoms with E-state index in [-0.39, 0.29) is 5.91 Å². The van der Waals surface area contributed by atoms with Crippen LogP contribution < -0.4 is 5.43 Å². The van der Waals surface area contributed by atoms with Crippen molar-refractivity contribution in [3.05, 3.63) is 78.6 Å². The van der Waals surface area contributed by atoms with Gasteiger partial charge in [0.25, 0.3) is 5.91 Å². The second kappa shape index (κ2) is 6.65. The van der Waals surface area contributed by atoms with E-state index in [1.807, 2.05) is 42.0 Å². The standard InChI is InChI=1S/C17H15N5O/c1-13(20-21-17(23)15-6-8-18-9-7-15)14-2-4-16(5-3-14)22-11-10-19-12-22/h2-12H,1H3,(H,21,23)/b20-13-. The second-order valence-corrected chi connectivity index (χ2v) is 4.89. The van der Waals surface area contributed by atoms with Gasteiger partial charge in [-0.3, -0.25) is 9.78 Å². The minimum absolute atomic E-state index is 0.262. The number of nitrogens with one attached hydrogen (secondary N) is 1. The molecule has 0 bridgehead atoms. The SMILES string of the molecule is C/C(=N/NC(=O)c1ccncc1)c1ccc(-n2ccnc2)cc1. The Bertz CT molecular complexity index is 808. The molecule has 3 aromatic rings. The van der Waals surface area contributed by atoms with Crippen LogP contribution in [0, 0.1) is 0 Å². The van der Waals surface area contributed by atoms with Crippen molar-refractivity contribution in [3.63, 3.8) is 0 Å². The van der Waals surface area contributed by atoms with E-state index in [1.54, 1.807) is 37.1 Å². The van der Waals surface area contributed by atoms with E-state index in [2.05, 4.69) is 20.5 Å². The summed E-state index contributed by atoms with van der Waals surface area (Å²) < 4.78 is 1.92. The molecule has 23 heavy (non-hydrogen) atoms. The van der Waals surface area contributed by atoms with Gasteiger partial charge in [0.05, 0.1) is 12.0 Å². The zero-order chi connectivity index (χ0) is 16.1. The number of imidazole rings is 1. The number of rotatable bonds is 4. The van der Waals surface area contributed by atoms with Gasteiger partial charge >= 0.3 is 0 Å². The zero-order valence-electron chi connectivity index (χ0n) is 12.5. The fourth-order valence-electron chi connectivity index (χ4n) is 2.05. The van der Waals surface area contributed by atoms with Crippen molar-refractivity contribution in [2.45, 2.75) is 6.92 Å². The minimum Gasteiger partial charge on any atom is -0.306 e. The van der Waals surface area contributed by atoms with Crippen molar-refractivity contribution in [1.29, 1.82) is 0 Å². The second-order valence-electron chi connectivity index (χ2n) is 4.89. The van der Waals surface area contributed by atoms with E-state index < -0.39 is 0 Å². The van der Waals surface area contributed by atoms with Crippen molar-refractivity contribution in [3.8, 4) is 5.69 Å². The number of hydrogen-bond acceptors (Lipinski definition) is 4. The molecule has 6 nitrogen and oxygen atoms in total. The van der Waals surface area contributed by atoms with Crippen LogP contribution in [0.15, 0.2) is 72.6 Å². The number of carbonyl (C=O) groups is 1. The van der Waals surface area contributed by atoms with Crippen LogP contribution in [0.25, 0.3) is 5.69 Å². The molecule has 114 valence electrons. The number of benzene rings is 1. The van der Waals surface area contributed by atoms with E-state index in [4.69, 9.17) is 0 Å². The van der Waals surface area contributed by atoms with E-state index in [0.29, 0.717) is 5.56 Å². The molecule has 1 aromatic carbocycles. The minimum atomic E-state index is -0.262. The maximum Gasteiger partial charge on any atom is 0.271 e. The molecule has 0 saturated carbocycles. The molecule has 2 aromatic heterocycles. The summed E-state index contributed by atoms with van der Waals surface area (Å²) in [5.41, 5.74) is 5.74. The molecule has 0 aliphatic rings. The Kier molecular flexibility index (Phi) is 4.24. The lowest BCUT2D eigenvalue weighted by Crippen LogP contribution is -2.19. The van der Waals surface area contributed by atoms with Crippen LogP contribution in [-0.2, 0) is 0 Å². The molecule has 0 spiro atoms. The van der Waals surface area contributed by atoms with Gasteiger partial charge in [-0.25, -0.2) is 10.4 Å². The molecule has 3 rings (SSSR count). The average Bonchev–Trinajstić information content (AvgIpc) is 3.15. The molecule has 0 aliphatic carbocycles. The quantitative estimate of drug-likeness (QED) is 0.594. The third-order valence-electron chi connectivity index (χ3n) is 3.36. The first-order valence-corrected chi connectivity index (χ1v) is 7.07. The van der Waals surface area contributed by atoms with Crippen molar-refractivity contribution >= 4 is 11.6 Å². The van der Waals surface area contributed by atoms with Crippen molar-refractivity contribution in [1.82, 2.24) is 20.0 Å². The fourth-order valence-corrected chi connectivity index (χ4v) is 2.05. The van der Waals surface area contributed by atoms with Crippen LogP contribution in [0.2, 0.25) is 0 Å². The number of hydrogen-bond donors (Lipinski definition) is 1. The molecule has 1 amide bonds. The van der Waals surface area contributed by atoms with E-state index in [1.165, 1.54) is 0 Å². The third-order valence-corrected chi connectivity index (χ3v) is 3.36. The number of pyridine rings is 1. The van der Waals surface area contributed by atoms with Crippen molar-refractivity contribution in [2.24, 2.45) is 5.10 Å². The predicted molar refractivity (Wildman–Crippen MR) is 87.5 cm³/mol. The van der Waals surface area contributed by atoms with Crippen LogP contribution in [-0.4, -0.2) is 26.2 Å². The first kappa shape index (κ1) is 14.6. The van der Waals surface area contributed by atoms with Gasteiger partial charge in [0, 0.05) is 36.0 Å². The van der Waals surface area contributed by atoms with E-state index in [0.717, 1.165) is 17.0 Å². The number of hydrazone groups is 1. The van der Waals surface area contributed by atoms with Crippen LogP contribution in [0.1, 0.15) is 22.8 Å². The summed E-state index contributed by atoms with van der Waals surface area (Å²) in [4.78, 5) is 19.8. The third kappa shape index (κ3) is 3.49. The molecular weight excluding hydrogens is 290 g/mol. The summed E-state index contributed by atoms with van der Waals surface area (Å²) in [5.74, 6) is -0.262. The maximum atomic E-state index is 11.9. The van der Waals surface area contributed by atoms with Crippen LogP contribution in [0.3, 0.4) is 0 Å². The molecule has 0 radical (unpaired) electrons. The lowest BCUT2D eigenvalue weighted by molar-refractivity contribution is 0.0954. The van der Waals surface area contributed by atoms with Gasteiger partial charge in [0.1, 0.15) is 0 Å². The largest absolute Gasteiger partial charge is 0.306 e. The molecule has 0 saturated heterocycles. The number of amides is 1. The molecule has 2 heterocycles. The van der Waals surface area contributed by atoms with Crippen LogP contribution >= 0.6 is 0 Å². The summed E-state index contributed by atoms with van der Waals surface area (Å²) in [5, 5.41) is 4.14. The highest BCUT2D eigenvalue weighted by Crippen LogP contribution is 2.10. The van der Waals surface area contributed by atoms with Gasteiger partial charge in [-0.2, -0.15) is 5.10 Å². The molecule has 6 heteroatoms. The van der Waals surface area contributed by atoms with Gasteiger partial charge < -0.3 is 4.57 Å². The number of carbonyl (C=O) groups excluding carboxylic acids is 1. The molecular formula is C17H15N5O.